The van der Waals surface area contributed by atoms with E-state index in [1.54, 1.807) is 13.0 Å². The van der Waals surface area contributed by atoms with Crippen LogP contribution in [0.5, 0.6) is 0 Å². The lowest BCUT2D eigenvalue weighted by Crippen LogP contribution is -2.43. The highest BCUT2D eigenvalue weighted by Crippen LogP contribution is 2.19. The second kappa shape index (κ2) is 10.9. The Morgan fingerprint density at radius 2 is 1.97 bits per heavy atom. The van der Waals surface area contributed by atoms with E-state index in [9.17, 15) is 14.4 Å². The molecule has 2 N–H and O–H groups in total. The summed E-state index contributed by atoms with van der Waals surface area (Å²) in [6.07, 6.45) is 1.80. The molecule has 0 aliphatic carbocycles. The number of nitrogens with one attached hydrogen (secondary N) is 2. The lowest BCUT2D eigenvalue weighted by atomic mass is 10.1. The molecule has 32 heavy (non-hydrogen) atoms. The predicted molar refractivity (Wildman–Crippen MR) is 119 cm³/mol. The molecule has 1 aliphatic rings. The molecule has 0 radical (unpaired) electrons. The molecule has 172 valence electrons. The number of aryl methyl sites for hydroxylation is 2. The van der Waals surface area contributed by atoms with E-state index >= 15 is 0 Å². The number of hydrogen-bond acceptors (Lipinski definition) is 6. The van der Waals surface area contributed by atoms with E-state index < -0.39 is 0 Å². The first kappa shape index (κ1) is 23.5. The Labute approximate surface area is 187 Å². The Morgan fingerprint density at radius 3 is 2.66 bits per heavy atom. The Morgan fingerprint density at radius 1 is 1.16 bits per heavy atom. The number of rotatable bonds is 9. The topological polar surface area (TPSA) is 114 Å². The molecule has 0 bridgehead atoms. The summed E-state index contributed by atoms with van der Waals surface area (Å²) in [5.41, 5.74) is 2.77. The summed E-state index contributed by atoms with van der Waals surface area (Å²) in [6, 6.07) is 7.25. The van der Waals surface area contributed by atoms with Crippen LogP contribution >= 0.6 is 0 Å². The number of anilines is 2. The minimum Gasteiger partial charge on any atom is -0.376 e. The van der Waals surface area contributed by atoms with Gasteiger partial charge < -0.3 is 19.9 Å². The van der Waals surface area contributed by atoms with Crippen molar-refractivity contribution in [3.63, 3.8) is 0 Å². The molecule has 3 rings (SSSR count). The summed E-state index contributed by atoms with van der Waals surface area (Å²) >= 11 is 0. The molecular formula is C23H30N4O5. The van der Waals surface area contributed by atoms with Gasteiger partial charge in [0.2, 0.25) is 17.7 Å². The van der Waals surface area contributed by atoms with Gasteiger partial charge in [0.05, 0.1) is 6.10 Å². The largest absolute Gasteiger partial charge is 0.376 e. The van der Waals surface area contributed by atoms with E-state index in [0.29, 0.717) is 18.9 Å². The van der Waals surface area contributed by atoms with Gasteiger partial charge in [0.15, 0.2) is 5.82 Å². The van der Waals surface area contributed by atoms with E-state index in [-0.39, 0.29) is 49.0 Å². The van der Waals surface area contributed by atoms with Crippen molar-refractivity contribution in [3.05, 3.63) is 41.2 Å². The number of amides is 3. The molecule has 2 aromatic rings. The molecule has 9 heteroatoms. The molecule has 2 heterocycles. The third kappa shape index (κ3) is 6.40. The molecule has 1 fully saturated rings. The van der Waals surface area contributed by atoms with Crippen LogP contribution in [-0.4, -0.2) is 48.7 Å². The van der Waals surface area contributed by atoms with Crippen molar-refractivity contribution in [1.29, 1.82) is 0 Å². The second-order valence-electron chi connectivity index (χ2n) is 8.01. The third-order valence-electron chi connectivity index (χ3n) is 5.49. The van der Waals surface area contributed by atoms with Crippen LogP contribution in [-0.2, 0) is 19.1 Å². The third-order valence-corrected chi connectivity index (χ3v) is 5.49. The van der Waals surface area contributed by atoms with Crippen LogP contribution in [0.2, 0.25) is 0 Å². The van der Waals surface area contributed by atoms with Crippen LogP contribution in [0.25, 0.3) is 0 Å². The van der Waals surface area contributed by atoms with Crippen molar-refractivity contribution in [1.82, 2.24) is 10.5 Å². The maximum absolute atomic E-state index is 12.9. The van der Waals surface area contributed by atoms with Crippen molar-refractivity contribution >= 4 is 29.2 Å². The van der Waals surface area contributed by atoms with Gasteiger partial charge in [0, 0.05) is 37.7 Å². The van der Waals surface area contributed by atoms with Crippen molar-refractivity contribution in [2.75, 3.05) is 29.9 Å². The van der Waals surface area contributed by atoms with E-state index in [1.165, 1.54) is 4.90 Å². The maximum Gasteiger partial charge on any atom is 0.240 e. The van der Waals surface area contributed by atoms with Gasteiger partial charge in [-0.1, -0.05) is 17.3 Å². The van der Waals surface area contributed by atoms with Crippen LogP contribution in [0.3, 0.4) is 0 Å². The lowest BCUT2D eigenvalue weighted by Gasteiger charge is -2.20. The summed E-state index contributed by atoms with van der Waals surface area (Å²) in [6.45, 7) is 6.49. The maximum atomic E-state index is 12.9. The zero-order chi connectivity index (χ0) is 23.1. The molecule has 9 nitrogen and oxygen atoms in total. The predicted octanol–water partition coefficient (Wildman–Crippen LogP) is 2.65. The second-order valence-corrected chi connectivity index (χ2v) is 8.01. The fraction of sp³-hybridized carbons (Fsp3) is 0.478. The monoisotopic (exact) mass is 442 g/mol. The van der Waals surface area contributed by atoms with E-state index in [1.807, 2.05) is 32.0 Å². The number of benzene rings is 1. The minimum atomic E-state index is -0.387. The van der Waals surface area contributed by atoms with E-state index in [2.05, 4.69) is 15.8 Å². The summed E-state index contributed by atoms with van der Waals surface area (Å²) in [4.78, 5) is 39.0. The highest BCUT2D eigenvalue weighted by Gasteiger charge is 2.24. The van der Waals surface area contributed by atoms with Crippen molar-refractivity contribution < 1.29 is 23.6 Å². The summed E-state index contributed by atoms with van der Waals surface area (Å²) < 4.78 is 10.6. The van der Waals surface area contributed by atoms with Gasteiger partial charge in [-0.25, -0.2) is 0 Å². The summed E-state index contributed by atoms with van der Waals surface area (Å²) in [5, 5.41) is 9.51. The van der Waals surface area contributed by atoms with Gasteiger partial charge in [-0.2, -0.15) is 0 Å². The van der Waals surface area contributed by atoms with Crippen LogP contribution in [0.15, 0.2) is 28.8 Å². The Kier molecular flexibility index (Phi) is 7.99. The molecule has 1 aliphatic heterocycles. The van der Waals surface area contributed by atoms with Gasteiger partial charge in [0.25, 0.3) is 0 Å². The summed E-state index contributed by atoms with van der Waals surface area (Å²) in [7, 11) is 0. The number of hydrogen-bond donors (Lipinski definition) is 2. The van der Waals surface area contributed by atoms with Crippen LogP contribution in [0, 0.1) is 20.8 Å². The molecule has 1 aromatic heterocycles. The standard InChI is InChI=1S/C23H30N4O5/c1-15-6-4-8-19(17(15)3)25-21(28)9-10-23(30)27(20-12-16(2)32-26-20)14-22(29)24-13-18-7-5-11-31-18/h4,6,8,12,18H,5,7,9-11,13-14H2,1-3H3,(H,24,29)(H,25,28)/t18-/m1/s1. The molecule has 0 unspecified atom stereocenters. The normalized spacial score (nSPS) is 15.4. The Balaban J connectivity index is 1.57. The fourth-order valence-corrected chi connectivity index (χ4v) is 3.46. The number of aromatic nitrogens is 1. The molecule has 1 atom stereocenters. The van der Waals surface area contributed by atoms with Gasteiger partial charge in [-0.15, -0.1) is 0 Å². The fourth-order valence-electron chi connectivity index (χ4n) is 3.46. The number of ether oxygens (including phenoxy) is 1. The molecular weight excluding hydrogens is 412 g/mol. The lowest BCUT2D eigenvalue weighted by molar-refractivity contribution is -0.125. The van der Waals surface area contributed by atoms with Crippen molar-refractivity contribution in [2.24, 2.45) is 0 Å². The SMILES string of the molecule is Cc1cc(N(CC(=O)NC[C@H]2CCCO2)C(=O)CCC(=O)Nc2cccc(C)c2C)no1. The zero-order valence-corrected chi connectivity index (χ0v) is 18.8. The van der Waals surface area contributed by atoms with Crippen molar-refractivity contribution in [2.45, 2.75) is 52.6 Å². The summed E-state index contributed by atoms with van der Waals surface area (Å²) in [5.74, 6) is -0.220. The first-order chi connectivity index (χ1) is 15.3. The Hall–Kier alpha value is -3.20. The number of carbonyl (C=O) groups excluding carboxylic acids is 3. The average molecular weight is 443 g/mol. The quantitative estimate of drug-likeness (QED) is 0.617. The van der Waals surface area contributed by atoms with Crippen LogP contribution in [0.4, 0.5) is 11.5 Å². The smallest absolute Gasteiger partial charge is 0.240 e. The first-order valence-corrected chi connectivity index (χ1v) is 10.8. The molecule has 3 amide bonds. The Bertz CT molecular complexity index is 965. The van der Waals surface area contributed by atoms with Crippen LogP contribution in [0.1, 0.15) is 42.6 Å². The van der Waals surface area contributed by atoms with Gasteiger partial charge in [-0.3, -0.25) is 19.3 Å². The van der Waals surface area contributed by atoms with Gasteiger partial charge in [0.1, 0.15) is 12.3 Å². The highest BCUT2D eigenvalue weighted by molar-refractivity contribution is 6.00. The van der Waals surface area contributed by atoms with Crippen molar-refractivity contribution in [3.8, 4) is 0 Å². The first-order valence-electron chi connectivity index (χ1n) is 10.8. The molecule has 1 aromatic carbocycles. The zero-order valence-electron chi connectivity index (χ0n) is 18.8. The van der Waals surface area contributed by atoms with Gasteiger partial charge >= 0.3 is 0 Å². The highest BCUT2D eigenvalue weighted by atomic mass is 16.5. The molecule has 0 saturated carbocycles. The van der Waals surface area contributed by atoms with Crippen LogP contribution < -0.4 is 15.5 Å². The van der Waals surface area contributed by atoms with E-state index in [4.69, 9.17) is 9.26 Å². The number of carbonyl (C=O) groups is 3. The average Bonchev–Trinajstić information content (AvgIpc) is 3.44. The van der Waals surface area contributed by atoms with Gasteiger partial charge in [-0.05, 0) is 50.8 Å². The molecule has 0 spiro atoms. The molecule has 1 saturated heterocycles. The van der Waals surface area contributed by atoms with E-state index in [0.717, 1.165) is 29.7 Å². The number of nitrogens with zero attached hydrogens (tertiary/aromatic N) is 2. The minimum absolute atomic E-state index is 0.00571.